The van der Waals surface area contributed by atoms with Crippen LogP contribution in [0, 0.1) is 30.3 Å². The number of carbonyl (C=O) groups is 8. The van der Waals surface area contributed by atoms with Crippen LogP contribution in [-0.4, -0.2) is 157 Å². The molecule has 0 unspecified atom stereocenters. The Balaban J connectivity index is 0.00000133. The number of hydrogen-bond donors (Lipinski definition) is 7. The predicted octanol–water partition coefficient (Wildman–Crippen LogP) is 12.9. The molecule has 35 nitrogen and oxygen atoms in total. The van der Waals surface area contributed by atoms with E-state index in [0.717, 1.165) is 42.4 Å². The molecule has 0 bridgehead atoms. The summed E-state index contributed by atoms with van der Waals surface area (Å²) >= 11 is 5.46. The van der Waals surface area contributed by atoms with Crippen LogP contribution >= 0.6 is 33.0 Å². The number of hydrogen-bond acceptors (Lipinski definition) is 28. The molecule has 596 valence electrons. The molecule has 9 N–H and O–H groups in total. The number of nitro groups is 3. The van der Waals surface area contributed by atoms with Crippen LogP contribution in [0.5, 0.6) is 0 Å². The van der Waals surface area contributed by atoms with Gasteiger partial charge >= 0.3 is 35.8 Å². The normalized spacial score (nSPS) is 9.65. The summed E-state index contributed by atoms with van der Waals surface area (Å²) in [6, 6.07) is 37.7. The molecule has 4 aromatic carbocycles. The molecule has 0 radical (unpaired) electrons. The van der Waals surface area contributed by atoms with Crippen LogP contribution in [0.15, 0.2) is 183 Å². The number of nitrogens with one attached hydrogen (secondary N) is 3. The molecular formula is C72H85Cl3N14O21S. The number of anilines is 7. The standard InChI is InChI=1S/C18H20N4O5.C18H22N4O3.C11H15NO2.C8H8N2O4.C7H4ClNO4.C5H6N2.C5H8O2.Cl2OS.H2/c1-3-27-17(23)9-11-21(16-6-4-5-10-20-16)18(24)13-7-8-14(19-2)15(12-13)22(25)26;1-3-25-17(23)9-11-22(16-6-4-5-10-21-16)18(24)13-7-8-15(20-2)14(19)12-13;1-2-14-11(13)8-5-7-10-6-3-4-9-12-10;1-9-6-3-2-5(8(11)12)4-7(6)10(13)14;8-5-2-1-4(7(10)11)3-6(5)9(12)13;6-5-3-1-2-4-7-5;1-3-5(6)7-4-2;1-4(2)3;/h4-8,10,12,19H,3,9,11H2,1-2H3;4-8,10,12,20H,3,9,11,19H2,1-2H3;3-4,6,9H,2,5,7-8H2,1H3;2-4,9H,1H3,(H,11,12);1-3H,(H,10,11);1-4H,(H2,6,7);3H,1,4H2,2H3;;1H/i;;;;;;;;1+1. The third kappa shape index (κ3) is 38.5. The van der Waals surface area contributed by atoms with E-state index in [1.165, 1.54) is 65.5 Å². The number of nitrogens with two attached hydrogens (primary N) is 2. The predicted molar refractivity (Wildman–Crippen MR) is 423 cm³/mol. The fraction of sp³-hybridized carbons (Fsp3) is 0.250. The molecule has 0 spiro atoms. The topological polar surface area (TPSA) is 507 Å². The molecule has 0 fully saturated rings. The summed E-state index contributed by atoms with van der Waals surface area (Å²) in [5, 5.41) is 57.4. The van der Waals surface area contributed by atoms with Crippen LogP contribution in [0.4, 0.5) is 57.3 Å². The molecule has 39 heteroatoms. The Morgan fingerprint density at radius 3 is 1.23 bits per heavy atom. The van der Waals surface area contributed by atoms with E-state index in [-0.39, 0.29) is 90.9 Å². The quantitative estimate of drug-likeness (QED) is 0.00478. The van der Waals surface area contributed by atoms with Crippen molar-refractivity contribution in [2.24, 2.45) is 0 Å². The van der Waals surface area contributed by atoms with Gasteiger partial charge in [-0.05, 0) is 144 Å². The van der Waals surface area contributed by atoms with Crippen molar-refractivity contribution in [1.82, 2.24) is 19.9 Å². The first-order chi connectivity index (χ1) is 52.9. The number of esters is 4. The average molecular weight is 1620 g/mol. The number of carbonyl (C=O) groups excluding carboxylic acids is 6. The summed E-state index contributed by atoms with van der Waals surface area (Å²) in [5.41, 5.74) is 13.5. The molecule has 0 saturated heterocycles. The van der Waals surface area contributed by atoms with E-state index >= 15 is 0 Å². The number of nitro benzene ring substituents is 3. The third-order valence-corrected chi connectivity index (χ3v) is 13.7. The van der Waals surface area contributed by atoms with Gasteiger partial charge in [-0.1, -0.05) is 42.4 Å². The van der Waals surface area contributed by atoms with Crippen molar-refractivity contribution in [3.05, 3.63) is 246 Å². The molecule has 0 aliphatic rings. The SMILES string of the molecule is C=CC(=O)OCC.CCOC(=O)CCCc1ccccn1.CCOC(=O)CCN(C(=O)c1ccc(NC)c(N)c1)c1ccccn1.CCOC(=O)CCN(C(=O)c1ccc(NC)c([N+](=O)[O-])c1)c1ccccn1.CNc1ccc(C(=O)O)cc1[N+](=O)[O-].Nc1ccccn1.O=C(O)c1ccc(Cl)c([N+](=O)[O-])c1.O=S(Cl)Cl.[2HH]. The molecule has 0 aliphatic heterocycles. The van der Waals surface area contributed by atoms with Crippen molar-refractivity contribution >= 4 is 147 Å². The first-order valence-corrected chi connectivity index (χ1v) is 36.0. The Hall–Kier alpha value is -12.8. The van der Waals surface area contributed by atoms with Crippen molar-refractivity contribution in [3.8, 4) is 0 Å². The van der Waals surface area contributed by atoms with Gasteiger partial charge in [-0.2, -0.15) is 0 Å². The maximum atomic E-state index is 13.0. The molecule has 0 atom stereocenters. The molecule has 8 rings (SSSR count). The van der Waals surface area contributed by atoms with Crippen molar-refractivity contribution in [2.75, 3.05) is 97.9 Å². The largest absolute Gasteiger partial charge is 0.478 e. The maximum absolute atomic E-state index is 13.0. The highest BCUT2D eigenvalue weighted by Gasteiger charge is 2.25. The van der Waals surface area contributed by atoms with Gasteiger partial charge < -0.3 is 56.6 Å². The zero-order valence-corrected chi connectivity index (χ0v) is 64.2. The van der Waals surface area contributed by atoms with E-state index in [9.17, 15) is 68.7 Å². The number of carboxylic acid groups (broad SMARTS) is 2. The monoisotopic (exact) mass is 1620 g/mol. The summed E-state index contributed by atoms with van der Waals surface area (Å²) in [5.74, 6) is -3.09. The highest BCUT2D eigenvalue weighted by Crippen LogP contribution is 2.29. The molecule has 8 aromatic rings. The van der Waals surface area contributed by atoms with Gasteiger partial charge in [0.15, 0.2) is 0 Å². The number of aryl methyl sites for hydroxylation is 1. The fourth-order valence-electron chi connectivity index (χ4n) is 8.38. The average Bonchev–Trinajstić information content (AvgIpc) is 0.830. The number of pyridine rings is 4. The minimum Gasteiger partial charge on any atom is -0.478 e. The second-order valence-corrected chi connectivity index (χ2v) is 23.8. The first-order valence-electron chi connectivity index (χ1n) is 32.8. The van der Waals surface area contributed by atoms with E-state index in [4.69, 9.17) is 51.7 Å². The number of halogens is 3. The number of benzene rings is 4. The molecule has 2 amide bonds. The van der Waals surface area contributed by atoms with E-state index in [2.05, 4.69) is 68.6 Å². The summed E-state index contributed by atoms with van der Waals surface area (Å²) in [7, 11) is 12.2. The molecule has 0 saturated carbocycles. The molecular weight excluding hydrogens is 1540 g/mol. The van der Waals surface area contributed by atoms with Crippen LogP contribution in [0.25, 0.3) is 0 Å². The van der Waals surface area contributed by atoms with E-state index in [1.54, 1.807) is 114 Å². The molecule has 4 heterocycles. The van der Waals surface area contributed by atoms with Crippen LogP contribution in [0.2, 0.25) is 5.02 Å². The molecule has 4 aromatic heterocycles. The maximum Gasteiger partial charge on any atom is 0.335 e. The lowest BCUT2D eigenvalue weighted by Crippen LogP contribution is -2.34. The number of nitrogen functional groups attached to an aromatic ring is 2. The summed E-state index contributed by atoms with van der Waals surface area (Å²) in [4.78, 5) is 140. The van der Waals surface area contributed by atoms with Crippen molar-refractivity contribution in [2.45, 2.75) is 59.8 Å². The zero-order valence-electron chi connectivity index (χ0n) is 61.1. The van der Waals surface area contributed by atoms with E-state index in [1.807, 2.05) is 37.3 Å². The Bertz CT molecular complexity index is 4350. The van der Waals surface area contributed by atoms with Crippen LogP contribution in [-0.2, 0) is 53.8 Å². The summed E-state index contributed by atoms with van der Waals surface area (Å²) < 4.78 is 28.2. The van der Waals surface area contributed by atoms with Gasteiger partial charge in [0, 0.05) is 129 Å². The van der Waals surface area contributed by atoms with Crippen LogP contribution < -0.4 is 37.2 Å². The smallest absolute Gasteiger partial charge is 0.335 e. The van der Waals surface area contributed by atoms with Crippen LogP contribution in [0.3, 0.4) is 0 Å². The van der Waals surface area contributed by atoms with Gasteiger partial charge in [0.25, 0.3) is 28.9 Å². The van der Waals surface area contributed by atoms with Gasteiger partial charge in [0.1, 0.15) is 33.9 Å². The lowest BCUT2D eigenvalue weighted by Gasteiger charge is -2.22. The summed E-state index contributed by atoms with van der Waals surface area (Å²) in [6.07, 6.45) is 9.86. The first kappa shape index (κ1) is 96.2. The number of carboxylic acids is 2. The van der Waals surface area contributed by atoms with Crippen molar-refractivity contribution < 1.29 is 87.9 Å². The van der Waals surface area contributed by atoms with Crippen LogP contribution in [0.1, 0.15) is 102 Å². The number of aromatic nitrogens is 4. The highest BCUT2D eigenvalue weighted by molar-refractivity contribution is 8.26. The van der Waals surface area contributed by atoms with Crippen molar-refractivity contribution in [3.63, 3.8) is 0 Å². The van der Waals surface area contributed by atoms with Gasteiger partial charge in [0.05, 0.1) is 76.5 Å². The highest BCUT2D eigenvalue weighted by atomic mass is 36.0. The number of rotatable bonds is 27. The molecule has 0 aliphatic carbocycles. The van der Waals surface area contributed by atoms with E-state index < -0.39 is 53.5 Å². The second kappa shape index (κ2) is 54.7. The minimum atomic E-state index is -1.67. The van der Waals surface area contributed by atoms with Crippen molar-refractivity contribution in [1.29, 1.82) is 0 Å². The lowest BCUT2D eigenvalue weighted by molar-refractivity contribution is -0.384. The van der Waals surface area contributed by atoms with E-state index in [0.29, 0.717) is 66.3 Å². The minimum absolute atomic E-state index is 0. The third-order valence-electron chi connectivity index (χ3n) is 13.4. The lowest BCUT2D eigenvalue weighted by atomic mass is 10.1. The summed E-state index contributed by atoms with van der Waals surface area (Å²) in [6.45, 7) is 11.8. The molecule has 111 heavy (non-hydrogen) atoms. The second-order valence-electron chi connectivity index (χ2n) is 20.8. The van der Waals surface area contributed by atoms with Gasteiger partial charge in [-0.3, -0.25) is 69.1 Å². The Labute approximate surface area is 655 Å². The Morgan fingerprint density at radius 2 is 0.892 bits per heavy atom. The Morgan fingerprint density at radius 1 is 0.523 bits per heavy atom. The van der Waals surface area contributed by atoms with Gasteiger partial charge in [-0.25, -0.2) is 33.5 Å². The Kier molecular flexibility index (Phi) is 47.4. The van der Waals surface area contributed by atoms with Gasteiger partial charge in [0.2, 0.25) is 9.23 Å². The fourth-order valence-corrected chi connectivity index (χ4v) is 8.57. The zero-order chi connectivity index (χ0) is 83.4. The number of nitrogens with zero attached hydrogens (tertiary/aromatic N) is 9. The number of aromatic carboxylic acids is 2. The van der Waals surface area contributed by atoms with Gasteiger partial charge in [-0.15, -0.1) is 0 Å². The number of amides is 2. The number of ether oxygens (including phenoxy) is 4.